The molecule has 2 amide bonds. The molecule has 0 aromatic rings. The summed E-state index contributed by atoms with van der Waals surface area (Å²) in [5, 5.41) is 2.93. The van der Waals surface area contributed by atoms with Crippen molar-refractivity contribution in [3.05, 3.63) is 12.2 Å². The van der Waals surface area contributed by atoms with Gasteiger partial charge < -0.3 is 10.2 Å². The van der Waals surface area contributed by atoms with E-state index in [2.05, 4.69) is 17.5 Å². The average Bonchev–Trinajstić information content (AvgIpc) is 3.01. The van der Waals surface area contributed by atoms with Crippen molar-refractivity contribution in [1.29, 1.82) is 0 Å². The van der Waals surface area contributed by atoms with Crippen LogP contribution < -0.4 is 5.32 Å². The van der Waals surface area contributed by atoms with Crippen LogP contribution in [0.3, 0.4) is 0 Å². The molecule has 3 rings (SSSR count). The fourth-order valence-electron chi connectivity index (χ4n) is 3.55. The van der Waals surface area contributed by atoms with Gasteiger partial charge in [0.25, 0.3) is 0 Å². The Bertz CT molecular complexity index is 408. The minimum atomic E-state index is 0.140. The highest BCUT2D eigenvalue weighted by molar-refractivity contribution is 5.79. The predicted octanol–water partition coefficient (Wildman–Crippen LogP) is 1.47. The van der Waals surface area contributed by atoms with Gasteiger partial charge in [0.2, 0.25) is 11.8 Å². The van der Waals surface area contributed by atoms with E-state index >= 15 is 0 Å². The Balaban J connectivity index is 1.50. The second-order valence-corrected chi connectivity index (χ2v) is 6.30. The van der Waals surface area contributed by atoms with Gasteiger partial charge in [0.05, 0.1) is 0 Å². The smallest absolute Gasteiger partial charge is 0.223 e. The first-order valence-electron chi connectivity index (χ1n) is 7.38. The van der Waals surface area contributed by atoms with Gasteiger partial charge in [-0.15, -0.1) is 0 Å². The lowest BCUT2D eigenvalue weighted by atomic mass is 9.77. The van der Waals surface area contributed by atoms with Crippen LogP contribution in [-0.2, 0) is 9.59 Å². The molecule has 1 N–H and O–H groups in total. The van der Waals surface area contributed by atoms with E-state index in [-0.39, 0.29) is 11.3 Å². The third-order valence-corrected chi connectivity index (χ3v) is 4.92. The molecule has 1 atom stereocenters. The number of allylic oxidation sites excluding steroid dienone is 2. The third-order valence-electron chi connectivity index (χ3n) is 4.92. The molecule has 19 heavy (non-hydrogen) atoms. The molecule has 0 aromatic heterocycles. The molecule has 3 aliphatic rings. The van der Waals surface area contributed by atoms with Crippen LogP contribution in [0.15, 0.2) is 12.2 Å². The molecular formula is C15H22N2O2. The molecule has 4 heteroatoms. The second-order valence-electron chi connectivity index (χ2n) is 6.30. The van der Waals surface area contributed by atoms with Crippen molar-refractivity contribution < 1.29 is 9.59 Å². The topological polar surface area (TPSA) is 49.4 Å². The Morgan fingerprint density at radius 3 is 2.79 bits per heavy atom. The number of nitrogens with zero attached hydrogens (tertiary/aromatic N) is 1. The van der Waals surface area contributed by atoms with Gasteiger partial charge in [-0.3, -0.25) is 9.59 Å². The first-order chi connectivity index (χ1) is 9.17. The molecule has 104 valence electrons. The summed E-state index contributed by atoms with van der Waals surface area (Å²) >= 11 is 0. The van der Waals surface area contributed by atoms with Crippen molar-refractivity contribution in [2.24, 2.45) is 11.3 Å². The fourth-order valence-corrected chi connectivity index (χ4v) is 3.55. The van der Waals surface area contributed by atoms with Crippen molar-refractivity contribution >= 4 is 11.8 Å². The van der Waals surface area contributed by atoms with E-state index in [1.807, 2.05) is 4.90 Å². The number of hydrogen-bond acceptors (Lipinski definition) is 2. The van der Waals surface area contributed by atoms with E-state index in [4.69, 9.17) is 0 Å². The molecule has 0 aromatic carbocycles. The third kappa shape index (κ3) is 2.67. The van der Waals surface area contributed by atoms with Gasteiger partial charge in [0.1, 0.15) is 0 Å². The number of carbonyl (C=O) groups excluding carboxylic acids is 2. The summed E-state index contributed by atoms with van der Waals surface area (Å²) in [7, 11) is 0. The summed E-state index contributed by atoms with van der Waals surface area (Å²) < 4.78 is 0. The normalized spacial score (nSPS) is 28.9. The van der Waals surface area contributed by atoms with E-state index in [1.165, 1.54) is 0 Å². The largest absolute Gasteiger partial charge is 0.356 e. The Kier molecular flexibility index (Phi) is 3.33. The van der Waals surface area contributed by atoms with Crippen molar-refractivity contribution in [2.45, 2.75) is 38.5 Å². The van der Waals surface area contributed by atoms with Gasteiger partial charge in [-0.2, -0.15) is 0 Å². The van der Waals surface area contributed by atoms with Crippen LogP contribution >= 0.6 is 0 Å². The standard InChI is InChI=1S/C15H22N2O2/c18-13-10-15(11-16-13)5-7-17(8-6-15)14(19)9-12-3-1-2-4-12/h1,3,12H,2,4-11H2,(H,16,18). The molecule has 2 fully saturated rings. The van der Waals surface area contributed by atoms with Crippen molar-refractivity contribution in [3.63, 3.8) is 0 Å². The highest BCUT2D eigenvalue weighted by Crippen LogP contribution is 2.37. The number of carbonyl (C=O) groups is 2. The number of hydrogen-bond donors (Lipinski definition) is 1. The van der Waals surface area contributed by atoms with E-state index in [0.717, 1.165) is 45.3 Å². The van der Waals surface area contributed by atoms with Gasteiger partial charge in [-0.05, 0) is 37.0 Å². The Labute approximate surface area is 114 Å². The van der Waals surface area contributed by atoms with Crippen LogP contribution in [0.2, 0.25) is 0 Å². The number of rotatable bonds is 2. The van der Waals surface area contributed by atoms with Crippen LogP contribution in [-0.4, -0.2) is 36.3 Å². The monoisotopic (exact) mass is 262 g/mol. The lowest BCUT2D eigenvalue weighted by Crippen LogP contribution is -2.44. The average molecular weight is 262 g/mol. The molecule has 0 radical (unpaired) electrons. The molecule has 0 saturated carbocycles. The van der Waals surface area contributed by atoms with Gasteiger partial charge in [-0.1, -0.05) is 12.2 Å². The Morgan fingerprint density at radius 2 is 2.21 bits per heavy atom. The molecule has 1 unspecified atom stereocenters. The summed E-state index contributed by atoms with van der Waals surface area (Å²) in [6, 6.07) is 0. The summed E-state index contributed by atoms with van der Waals surface area (Å²) in [6.07, 6.45) is 9.87. The fraction of sp³-hybridized carbons (Fsp3) is 0.733. The van der Waals surface area contributed by atoms with Gasteiger partial charge >= 0.3 is 0 Å². The molecule has 1 aliphatic carbocycles. The van der Waals surface area contributed by atoms with Crippen LogP contribution in [0.5, 0.6) is 0 Å². The number of piperidine rings is 1. The van der Waals surface area contributed by atoms with E-state index in [0.29, 0.717) is 24.7 Å². The Hall–Kier alpha value is -1.32. The molecular weight excluding hydrogens is 240 g/mol. The molecule has 2 aliphatic heterocycles. The van der Waals surface area contributed by atoms with Crippen molar-refractivity contribution in [1.82, 2.24) is 10.2 Å². The van der Waals surface area contributed by atoms with Crippen LogP contribution in [0.1, 0.15) is 38.5 Å². The molecule has 2 saturated heterocycles. The zero-order valence-electron chi connectivity index (χ0n) is 11.4. The number of nitrogens with one attached hydrogen (secondary N) is 1. The maximum Gasteiger partial charge on any atom is 0.223 e. The summed E-state index contributed by atoms with van der Waals surface area (Å²) in [6.45, 7) is 2.45. The molecule has 4 nitrogen and oxygen atoms in total. The van der Waals surface area contributed by atoms with Gasteiger partial charge in [0, 0.05) is 32.5 Å². The van der Waals surface area contributed by atoms with Crippen LogP contribution in [0, 0.1) is 11.3 Å². The molecule has 2 heterocycles. The minimum absolute atomic E-state index is 0.140. The zero-order valence-corrected chi connectivity index (χ0v) is 11.4. The predicted molar refractivity (Wildman–Crippen MR) is 72.4 cm³/mol. The summed E-state index contributed by atoms with van der Waals surface area (Å²) in [5.74, 6) is 0.928. The highest BCUT2D eigenvalue weighted by atomic mass is 16.2. The lowest BCUT2D eigenvalue weighted by molar-refractivity contribution is -0.134. The Morgan fingerprint density at radius 1 is 1.42 bits per heavy atom. The minimum Gasteiger partial charge on any atom is -0.356 e. The quantitative estimate of drug-likeness (QED) is 0.766. The molecule has 0 bridgehead atoms. The van der Waals surface area contributed by atoms with Crippen LogP contribution in [0.4, 0.5) is 0 Å². The van der Waals surface area contributed by atoms with Gasteiger partial charge in [0.15, 0.2) is 0 Å². The van der Waals surface area contributed by atoms with Gasteiger partial charge in [-0.25, -0.2) is 0 Å². The first-order valence-corrected chi connectivity index (χ1v) is 7.38. The maximum atomic E-state index is 12.2. The molecule has 1 spiro atoms. The first kappa shape index (κ1) is 12.7. The lowest BCUT2D eigenvalue weighted by Gasteiger charge is -2.38. The number of amides is 2. The zero-order chi connectivity index (χ0) is 13.3. The summed E-state index contributed by atoms with van der Waals surface area (Å²) in [5.41, 5.74) is 0.140. The highest BCUT2D eigenvalue weighted by Gasteiger charge is 2.41. The van der Waals surface area contributed by atoms with E-state index < -0.39 is 0 Å². The summed E-state index contributed by atoms with van der Waals surface area (Å²) in [4.78, 5) is 25.6. The van der Waals surface area contributed by atoms with E-state index in [1.54, 1.807) is 0 Å². The van der Waals surface area contributed by atoms with Crippen molar-refractivity contribution in [2.75, 3.05) is 19.6 Å². The maximum absolute atomic E-state index is 12.2. The number of likely N-dealkylation sites (tertiary alicyclic amines) is 1. The van der Waals surface area contributed by atoms with Crippen LogP contribution in [0.25, 0.3) is 0 Å². The van der Waals surface area contributed by atoms with Crippen molar-refractivity contribution in [3.8, 4) is 0 Å². The SMILES string of the molecule is O=C1CC2(CCN(C(=O)CC3C=CCC3)CC2)CN1. The second kappa shape index (κ2) is 4.99. The van der Waals surface area contributed by atoms with E-state index in [9.17, 15) is 9.59 Å².